The smallest absolute Gasteiger partial charge is 0.180 e. The molecule has 0 aliphatic carbocycles. The summed E-state index contributed by atoms with van der Waals surface area (Å²) in [6.07, 6.45) is 0.284. The van der Waals surface area contributed by atoms with Crippen LogP contribution in [0.3, 0.4) is 0 Å². The van der Waals surface area contributed by atoms with Crippen LogP contribution in [0.25, 0.3) is 0 Å². The largest absolute Gasteiger partial charge is 0.381 e. The Morgan fingerprint density at radius 1 is 1.50 bits per heavy atom. The zero-order valence-corrected chi connectivity index (χ0v) is 11.4. The molecule has 0 saturated carbocycles. The van der Waals surface area contributed by atoms with Crippen LogP contribution in [-0.4, -0.2) is 24.8 Å². The second kappa shape index (κ2) is 6.93. The number of Topliss-reactive ketones (excluding diaryl/α,β-unsaturated/α-hetero) is 2. The summed E-state index contributed by atoms with van der Waals surface area (Å²) in [7, 11) is 0. The van der Waals surface area contributed by atoms with Crippen LogP contribution in [0.1, 0.15) is 29.4 Å². The average Bonchev–Trinajstić information content (AvgIpc) is 2.65. The third kappa shape index (κ3) is 4.55. The molecule has 5 heteroatoms. The zero-order chi connectivity index (χ0) is 12.0. The minimum Gasteiger partial charge on any atom is -0.381 e. The zero-order valence-electron chi connectivity index (χ0n) is 8.99. The Kier molecular flexibility index (Phi) is 5.87. The minimum absolute atomic E-state index is 0.0278. The number of carbonyl (C=O) groups excluding carboxylic acids is 2. The second-order valence-corrected chi connectivity index (χ2v) is 5.04. The van der Waals surface area contributed by atoms with Crippen molar-refractivity contribution in [2.24, 2.45) is 0 Å². The Morgan fingerprint density at radius 2 is 2.25 bits per heavy atom. The summed E-state index contributed by atoms with van der Waals surface area (Å²) in [5.41, 5.74) is 0. The first-order valence-electron chi connectivity index (χ1n) is 5.00. The minimum atomic E-state index is -0.114. The van der Waals surface area contributed by atoms with Crippen molar-refractivity contribution in [3.63, 3.8) is 0 Å². The van der Waals surface area contributed by atoms with Gasteiger partial charge in [0, 0.05) is 22.9 Å². The van der Waals surface area contributed by atoms with E-state index in [0.29, 0.717) is 24.5 Å². The third-order valence-corrected chi connectivity index (χ3v) is 3.66. The summed E-state index contributed by atoms with van der Waals surface area (Å²) in [6, 6.07) is 1.74. The van der Waals surface area contributed by atoms with Crippen LogP contribution in [0.4, 0.5) is 0 Å². The van der Waals surface area contributed by atoms with Gasteiger partial charge in [0.25, 0.3) is 0 Å². The number of halogens is 1. The van der Waals surface area contributed by atoms with Gasteiger partial charge in [-0.1, -0.05) is 0 Å². The maximum Gasteiger partial charge on any atom is 0.180 e. The van der Waals surface area contributed by atoms with Crippen molar-refractivity contribution in [3.05, 3.63) is 20.8 Å². The second-order valence-electron chi connectivity index (χ2n) is 3.21. The molecule has 0 unspecified atom stereocenters. The summed E-state index contributed by atoms with van der Waals surface area (Å²) >= 11 is 4.62. The van der Waals surface area contributed by atoms with Gasteiger partial charge in [0.2, 0.25) is 0 Å². The van der Waals surface area contributed by atoms with Crippen LogP contribution in [0.15, 0.2) is 15.9 Å². The Hall–Kier alpha value is -0.520. The number of hydrogen-bond acceptors (Lipinski definition) is 4. The highest BCUT2D eigenvalue weighted by Crippen LogP contribution is 2.21. The van der Waals surface area contributed by atoms with Crippen LogP contribution < -0.4 is 0 Å². The molecule has 88 valence electrons. The first kappa shape index (κ1) is 13.5. The molecule has 0 spiro atoms. The molecule has 1 heterocycles. The van der Waals surface area contributed by atoms with Crippen molar-refractivity contribution in [2.75, 3.05) is 13.2 Å². The maximum absolute atomic E-state index is 11.6. The van der Waals surface area contributed by atoms with Gasteiger partial charge in [0.15, 0.2) is 5.78 Å². The molecule has 0 saturated heterocycles. The SMILES string of the molecule is CCOCCC(=O)CC(=O)c1cc(Br)cs1. The topological polar surface area (TPSA) is 43.4 Å². The molecule has 0 fully saturated rings. The van der Waals surface area contributed by atoms with Crippen molar-refractivity contribution >= 4 is 38.8 Å². The van der Waals surface area contributed by atoms with Crippen molar-refractivity contribution in [1.29, 1.82) is 0 Å². The van der Waals surface area contributed by atoms with E-state index in [1.54, 1.807) is 6.07 Å². The van der Waals surface area contributed by atoms with E-state index < -0.39 is 0 Å². The van der Waals surface area contributed by atoms with E-state index in [1.807, 2.05) is 12.3 Å². The lowest BCUT2D eigenvalue weighted by molar-refractivity contribution is -0.119. The van der Waals surface area contributed by atoms with Gasteiger partial charge in [-0.2, -0.15) is 0 Å². The highest BCUT2D eigenvalue weighted by atomic mass is 79.9. The van der Waals surface area contributed by atoms with E-state index in [9.17, 15) is 9.59 Å². The first-order chi connectivity index (χ1) is 7.63. The predicted molar refractivity (Wildman–Crippen MR) is 67.1 cm³/mol. The molecule has 0 radical (unpaired) electrons. The lowest BCUT2D eigenvalue weighted by Gasteiger charge is -1.99. The summed E-state index contributed by atoms with van der Waals surface area (Å²) in [5.74, 6) is -0.180. The molecule has 1 aromatic rings. The lowest BCUT2D eigenvalue weighted by Crippen LogP contribution is -2.09. The van der Waals surface area contributed by atoms with Crippen LogP contribution in [0.2, 0.25) is 0 Å². The van der Waals surface area contributed by atoms with Crippen molar-refractivity contribution in [3.8, 4) is 0 Å². The van der Waals surface area contributed by atoms with Gasteiger partial charge < -0.3 is 4.74 Å². The standard InChI is InChI=1S/C11H13BrO3S/c1-2-15-4-3-9(13)6-10(14)11-5-8(12)7-16-11/h5,7H,2-4,6H2,1H3. The molecule has 0 aromatic carbocycles. The van der Waals surface area contributed by atoms with E-state index in [1.165, 1.54) is 11.3 Å². The van der Waals surface area contributed by atoms with E-state index >= 15 is 0 Å². The van der Waals surface area contributed by atoms with E-state index in [2.05, 4.69) is 15.9 Å². The number of hydrogen-bond donors (Lipinski definition) is 0. The fraction of sp³-hybridized carbons (Fsp3) is 0.455. The van der Waals surface area contributed by atoms with Crippen molar-refractivity contribution in [1.82, 2.24) is 0 Å². The quantitative estimate of drug-likeness (QED) is 0.442. The van der Waals surface area contributed by atoms with E-state index in [-0.39, 0.29) is 18.0 Å². The molecule has 0 atom stereocenters. The number of ether oxygens (including phenoxy) is 1. The lowest BCUT2D eigenvalue weighted by atomic mass is 10.1. The van der Waals surface area contributed by atoms with Gasteiger partial charge in [0.05, 0.1) is 17.9 Å². The fourth-order valence-corrected chi connectivity index (χ4v) is 2.51. The first-order valence-corrected chi connectivity index (χ1v) is 6.67. The molecular weight excluding hydrogens is 292 g/mol. The van der Waals surface area contributed by atoms with Crippen LogP contribution in [0.5, 0.6) is 0 Å². The Labute approximate surface area is 107 Å². The predicted octanol–water partition coefficient (Wildman–Crippen LogP) is 3.08. The van der Waals surface area contributed by atoms with Gasteiger partial charge in [-0.3, -0.25) is 9.59 Å². The summed E-state index contributed by atoms with van der Waals surface area (Å²) in [5, 5.41) is 1.83. The molecule has 0 aliphatic rings. The van der Waals surface area contributed by atoms with Gasteiger partial charge in [-0.15, -0.1) is 11.3 Å². The van der Waals surface area contributed by atoms with Crippen LogP contribution in [-0.2, 0) is 9.53 Å². The summed E-state index contributed by atoms with van der Waals surface area (Å²) in [4.78, 5) is 23.7. The van der Waals surface area contributed by atoms with Crippen molar-refractivity contribution < 1.29 is 14.3 Å². The van der Waals surface area contributed by atoms with Crippen molar-refractivity contribution in [2.45, 2.75) is 19.8 Å². The molecule has 1 rings (SSSR count). The molecule has 1 aromatic heterocycles. The van der Waals surface area contributed by atoms with E-state index in [4.69, 9.17) is 4.74 Å². The Balaban J connectivity index is 2.37. The summed E-state index contributed by atoms with van der Waals surface area (Å²) < 4.78 is 5.94. The molecule has 16 heavy (non-hydrogen) atoms. The number of ketones is 2. The normalized spacial score (nSPS) is 10.4. The third-order valence-electron chi connectivity index (χ3n) is 1.93. The van der Waals surface area contributed by atoms with Gasteiger partial charge in [-0.05, 0) is 28.9 Å². The molecule has 0 aliphatic heterocycles. The average molecular weight is 305 g/mol. The molecule has 0 amide bonds. The molecule has 3 nitrogen and oxygen atoms in total. The fourth-order valence-electron chi connectivity index (χ4n) is 1.14. The van der Waals surface area contributed by atoms with E-state index in [0.717, 1.165) is 4.47 Å². The Morgan fingerprint density at radius 3 is 2.81 bits per heavy atom. The molecule has 0 N–H and O–H groups in total. The molecular formula is C11H13BrO3S. The van der Waals surface area contributed by atoms with Gasteiger partial charge >= 0.3 is 0 Å². The summed E-state index contributed by atoms with van der Waals surface area (Å²) in [6.45, 7) is 2.87. The van der Waals surface area contributed by atoms with Gasteiger partial charge in [-0.25, -0.2) is 0 Å². The van der Waals surface area contributed by atoms with Crippen LogP contribution >= 0.6 is 27.3 Å². The highest BCUT2D eigenvalue weighted by Gasteiger charge is 2.13. The van der Waals surface area contributed by atoms with Crippen LogP contribution in [0, 0.1) is 0 Å². The number of rotatable bonds is 7. The molecule has 0 bridgehead atoms. The maximum atomic E-state index is 11.6. The van der Waals surface area contributed by atoms with Gasteiger partial charge in [0.1, 0.15) is 5.78 Å². The Bertz CT molecular complexity index is 373. The highest BCUT2D eigenvalue weighted by molar-refractivity contribution is 9.10. The number of thiophene rings is 1. The number of carbonyl (C=O) groups is 2. The monoisotopic (exact) mass is 304 g/mol.